The van der Waals surface area contributed by atoms with Gasteiger partial charge >= 0.3 is 0 Å². The molecule has 0 spiro atoms. The van der Waals surface area contributed by atoms with Crippen LogP contribution in [0.1, 0.15) is 55.5 Å². The highest BCUT2D eigenvalue weighted by Crippen LogP contribution is 2.33. The van der Waals surface area contributed by atoms with Crippen molar-refractivity contribution in [3.8, 4) is 11.3 Å². The summed E-state index contributed by atoms with van der Waals surface area (Å²) < 4.78 is 5.13. The van der Waals surface area contributed by atoms with Crippen molar-refractivity contribution < 1.29 is 14.4 Å². The number of amides is 1. The molecule has 1 fully saturated rings. The summed E-state index contributed by atoms with van der Waals surface area (Å²) in [6.07, 6.45) is 4.71. The molecule has 0 saturated carbocycles. The van der Waals surface area contributed by atoms with Gasteiger partial charge in [0.05, 0.1) is 5.60 Å². The van der Waals surface area contributed by atoms with E-state index in [1.807, 2.05) is 49.9 Å². The Morgan fingerprint density at radius 1 is 1.31 bits per heavy atom. The standard InChI is InChI=1S/C21H28N2O3/c1-4-21(25,5-2)17-7-6-12-23(13-17)20(24)18-14-26-22-19(18)16-10-8-15(3)9-11-16/h8-11,14,17,25H,4-7,12-13H2,1-3H3. The molecule has 5 nitrogen and oxygen atoms in total. The number of aryl methyl sites for hydroxylation is 1. The van der Waals surface area contributed by atoms with Crippen LogP contribution in [0.15, 0.2) is 35.1 Å². The number of carbonyl (C=O) groups is 1. The first-order valence-electron chi connectivity index (χ1n) is 9.51. The van der Waals surface area contributed by atoms with Crippen molar-refractivity contribution in [3.05, 3.63) is 41.7 Å². The van der Waals surface area contributed by atoms with Crippen LogP contribution < -0.4 is 0 Å². The largest absolute Gasteiger partial charge is 0.390 e. The Labute approximate surface area is 155 Å². The maximum Gasteiger partial charge on any atom is 0.259 e. The number of piperidine rings is 1. The second-order valence-corrected chi connectivity index (χ2v) is 7.34. The van der Waals surface area contributed by atoms with E-state index in [1.54, 1.807) is 0 Å². The van der Waals surface area contributed by atoms with Crippen LogP contribution in [0.3, 0.4) is 0 Å². The quantitative estimate of drug-likeness (QED) is 0.877. The van der Waals surface area contributed by atoms with Gasteiger partial charge in [0.15, 0.2) is 0 Å². The van der Waals surface area contributed by atoms with Gasteiger partial charge in [0.25, 0.3) is 5.91 Å². The SMILES string of the molecule is CCC(O)(CC)C1CCCN(C(=O)c2conc2-c2ccc(C)cc2)C1. The Morgan fingerprint density at radius 2 is 2.00 bits per heavy atom. The van der Waals surface area contributed by atoms with E-state index in [4.69, 9.17) is 4.52 Å². The molecule has 26 heavy (non-hydrogen) atoms. The summed E-state index contributed by atoms with van der Waals surface area (Å²) in [5.41, 5.74) is 2.40. The molecule has 1 aromatic heterocycles. The summed E-state index contributed by atoms with van der Waals surface area (Å²) in [7, 11) is 0. The van der Waals surface area contributed by atoms with Gasteiger partial charge in [0.2, 0.25) is 0 Å². The maximum absolute atomic E-state index is 13.1. The zero-order valence-electron chi connectivity index (χ0n) is 15.9. The van der Waals surface area contributed by atoms with E-state index in [2.05, 4.69) is 5.16 Å². The molecule has 2 heterocycles. The average Bonchev–Trinajstić information content (AvgIpc) is 3.17. The molecule has 1 aromatic carbocycles. The monoisotopic (exact) mass is 356 g/mol. The van der Waals surface area contributed by atoms with Crippen LogP contribution in [0.25, 0.3) is 11.3 Å². The van der Waals surface area contributed by atoms with E-state index >= 15 is 0 Å². The number of carbonyl (C=O) groups excluding carboxylic acids is 1. The minimum atomic E-state index is -0.701. The Bertz CT molecular complexity index is 747. The van der Waals surface area contributed by atoms with Gasteiger partial charge in [-0.05, 0) is 32.6 Å². The third-order valence-corrected chi connectivity index (χ3v) is 5.82. The lowest BCUT2D eigenvalue weighted by Crippen LogP contribution is -2.49. The van der Waals surface area contributed by atoms with Crippen LogP contribution in [-0.2, 0) is 0 Å². The Morgan fingerprint density at radius 3 is 2.65 bits per heavy atom. The molecule has 1 unspecified atom stereocenters. The number of hydrogen-bond acceptors (Lipinski definition) is 4. The van der Waals surface area contributed by atoms with Crippen molar-refractivity contribution in [2.24, 2.45) is 5.92 Å². The van der Waals surface area contributed by atoms with Gasteiger partial charge in [-0.15, -0.1) is 0 Å². The number of aliphatic hydroxyl groups is 1. The molecule has 1 atom stereocenters. The van der Waals surface area contributed by atoms with Crippen LogP contribution in [0.2, 0.25) is 0 Å². The van der Waals surface area contributed by atoms with Gasteiger partial charge in [-0.25, -0.2) is 0 Å². The van der Waals surface area contributed by atoms with E-state index in [-0.39, 0.29) is 11.8 Å². The lowest BCUT2D eigenvalue weighted by atomic mass is 9.78. The highest BCUT2D eigenvalue weighted by atomic mass is 16.5. The summed E-state index contributed by atoms with van der Waals surface area (Å²) >= 11 is 0. The average molecular weight is 356 g/mol. The molecule has 1 N–H and O–H groups in total. The Hall–Kier alpha value is -2.14. The number of benzene rings is 1. The molecule has 1 amide bonds. The van der Waals surface area contributed by atoms with Gasteiger partial charge in [0, 0.05) is 24.6 Å². The number of nitrogens with zero attached hydrogens (tertiary/aromatic N) is 2. The molecule has 1 saturated heterocycles. The molecule has 5 heteroatoms. The number of aromatic nitrogens is 1. The van der Waals surface area contributed by atoms with Gasteiger partial charge in [-0.2, -0.15) is 0 Å². The first kappa shape index (κ1) is 18.6. The van der Waals surface area contributed by atoms with E-state index < -0.39 is 5.60 Å². The van der Waals surface area contributed by atoms with Crippen LogP contribution in [0.5, 0.6) is 0 Å². The fourth-order valence-electron chi connectivity index (χ4n) is 3.91. The van der Waals surface area contributed by atoms with Crippen LogP contribution in [-0.4, -0.2) is 39.8 Å². The summed E-state index contributed by atoms with van der Waals surface area (Å²) in [6.45, 7) is 7.33. The van der Waals surface area contributed by atoms with Gasteiger partial charge in [-0.3, -0.25) is 4.79 Å². The van der Waals surface area contributed by atoms with Gasteiger partial charge in [-0.1, -0.05) is 48.8 Å². The highest BCUT2D eigenvalue weighted by Gasteiger charge is 2.38. The normalized spacial score (nSPS) is 18.2. The van der Waals surface area contributed by atoms with Crippen molar-refractivity contribution in [3.63, 3.8) is 0 Å². The molecular formula is C21H28N2O3. The first-order valence-corrected chi connectivity index (χ1v) is 9.51. The minimum absolute atomic E-state index is 0.0684. The Balaban J connectivity index is 1.82. The first-order chi connectivity index (χ1) is 12.5. The number of likely N-dealkylation sites (tertiary alicyclic amines) is 1. The van der Waals surface area contributed by atoms with E-state index in [0.717, 1.165) is 24.0 Å². The van der Waals surface area contributed by atoms with Crippen molar-refractivity contribution >= 4 is 5.91 Å². The zero-order valence-corrected chi connectivity index (χ0v) is 15.9. The molecule has 0 radical (unpaired) electrons. The topological polar surface area (TPSA) is 66.6 Å². The molecule has 140 valence electrons. The van der Waals surface area contributed by atoms with Crippen LogP contribution >= 0.6 is 0 Å². The third kappa shape index (κ3) is 3.54. The Kier molecular flexibility index (Phi) is 5.47. The van der Waals surface area contributed by atoms with Crippen molar-refractivity contribution in [1.82, 2.24) is 10.1 Å². The minimum Gasteiger partial charge on any atom is -0.390 e. The second kappa shape index (κ2) is 7.62. The lowest BCUT2D eigenvalue weighted by Gasteiger charge is -2.41. The lowest BCUT2D eigenvalue weighted by molar-refractivity contribution is -0.0492. The van der Waals surface area contributed by atoms with Gasteiger partial charge < -0.3 is 14.5 Å². The van der Waals surface area contributed by atoms with Crippen LogP contribution in [0.4, 0.5) is 0 Å². The van der Waals surface area contributed by atoms with Crippen molar-refractivity contribution in [2.45, 2.75) is 52.1 Å². The van der Waals surface area contributed by atoms with Crippen LogP contribution in [0, 0.1) is 12.8 Å². The summed E-state index contributed by atoms with van der Waals surface area (Å²) in [5, 5.41) is 14.9. The molecule has 0 bridgehead atoms. The predicted octanol–water partition coefficient (Wildman–Crippen LogP) is 4.05. The fourth-order valence-corrected chi connectivity index (χ4v) is 3.91. The molecule has 1 aliphatic rings. The van der Waals surface area contributed by atoms with E-state index in [1.165, 1.54) is 6.26 Å². The molecule has 1 aliphatic heterocycles. The third-order valence-electron chi connectivity index (χ3n) is 5.82. The molecule has 0 aliphatic carbocycles. The summed E-state index contributed by atoms with van der Waals surface area (Å²) in [6, 6.07) is 7.90. The van der Waals surface area contributed by atoms with Gasteiger partial charge in [0.1, 0.15) is 17.5 Å². The fraction of sp³-hybridized carbons (Fsp3) is 0.524. The number of hydrogen-bond donors (Lipinski definition) is 1. The second-order valence-electron chi connectivity index (χ2n) is 7.34. The number of rotatable bonds is 5. The van der Waals surface area contributed by atoms with Crippen molar-refractivity contribution in [2.75, 3.05) is 13.1 Å². The van der Waals surface area contributed by atoms with E-state index in [9.17, 15) is 9.90 Å². The molecule has 3 rings (SSSR count). The molecule has 2 aromatic rings. The maximum atomic E-state index is 13.1. The smallest absolute Gasteiger partial charge is 0.259 e. The highest BCUT2D eigenvalue weighted by molar-refractivity contribution is 5.99. The van der Waals surface area contributed by atoms with E-state index in [0.29, 0.717) is 37.2 Å². The zero-order chi connectivity index (χ0) is 18.7. The summed E-state index contributed by atoms with van der Waals surface area (Å²) in [4.78, 5) is 15.0. The molecular weight excluding hydrogens is 328 g/mol. The summed E-state index contributed by atoms with van der Waals surface area (Å²) in [5.74, 6) is 0.0407. The van der Waals surface area contributed by atoms with Crippen molar-refractivity contribution in [1.29, 1.82) is 0 Å². The predicted molar refractivity (Wildman–Crippen MR) is 101 cm³/mol.